The van der Waals surface area contributed by atoms with Gasteiger partial charge in [-0.25, -0.2) is 0 Å². The van der Waals surface area contributed by atoms with Gasteiger partial charge < -0.3 is 15.3 Å². The van der Waals surface area contributed by atoms with Gasteiger partial charge in [0, 0.05) is 35.8 Å². The summed E-state index contributed by atoms with van der Waals surface area (Å²) < 4.78 is 1.10. The molecule has 1 aromatic carbocycles. The molecule has 1 unspecified atom stereocenters. The number of halogens is 1. The molecule has 0 aliphatic heterocycles. The van der Waals surface area contributed by atoms with E-state index in [0.29, 0.717) is 6.54 Å². The van der Waals surface area contributed by atoms with Crippen LogP contribution in [0.2, 0.25) is 0 Å². The summed E-state index contributed by atoms with van der Waals surface area (Å²) >= 11 is 3.62. The summed E-state index contributed by atoms with van der Waals surface area (Å²) in [5.74, 6) is 0. The number of hydrogen-bond donors (Lipinski definition) is 2. The number of nitrogens with one attached hydrogen (secondary N) is 1. The van der Waals surface area contributed by atoms with Gasteiger partial charge >= 0.3 is 0 Å². The highest BCUT2D eigenvalue weighted by Gasteiger charge is 2.11. The van der Waals surface area contributed by atoms with Crippen LogP contribution in [0.1, 0.15) is 33.3 Å². The van der Waals surface area contributed by atoms with Crippen molar-refractivity contribution in [3.8, 4) is 0 Å². The van der Waals surface area contributed by atoms with Crippen LogP contribution in [0.4, 0.5) is 5.69 Å². The van der Waals surface area contributed by atoms with Crippen LogP contribution in [-0.2, 0) is 6.54 Å². The van der Waals surface area contributed by atoms with Crippen LogP contribution in [0.25, 0.3) is 0 Å². The topological polar surface area (TPSA) is 35.5 Å². The Morgan fingerprint density at radius 2 is 2.00 bits per heavy atom. The maximum atomic E-state index is 9.42. The van der Waals surface area contributed by atoms with Gasteiger partial charge in [0.05, 0.1) is 6.10 Å². The van der Waals surface area contributed by atoms with Crippen molar-refractivity contribution in [3.63, 3.8) is 0 Å². The molecule has 3 nitrogen and oxygen atoms in total. The van der Waals surface area contributed by atoms with Gasteiger partial charge in [-0.1, -0.05) is 22.0 Å². The summed E-state index contributed by atoms with van der Waals surface area (Å²) in [5.41, 5.74) is 2.46. The Morgan fingerprint density at radius 3 is 2.47 bits per heavy atom. The van der Waals surface area contributed by atoms with Gasteiger partial charge in [-0.15, -0.1) is 0 Å². The number of aliphatic hydroxyl groups is 1. The fraction of sp³-hybridized carbons (Fsp3) is 0.600. The van der Waals surface area contributed by atoms with E-state index in [2.05, 4.69) is 65.1 Å². The van der Waals surface area contributed by atoms with Crippen molar-refractivity contribution in [1.29, 1.82) is 0 Å². The molecule has 1 atom stereocenters. The third-order valence-corrected chi connectivity index (χ3v) is 3.56. The van der Waals surface area contributed by atoms with Crippen molar-refractivity contribution in [1.82, 2.24) is 5.32 Å². The molecular weight excluding hydrogens is 304 g/mol. The molecule has 0 aromatic heterocycles. The van der Waals surface area contributed by atoms with E-state index in [0.717, 1.165) is 16.7 Å². The average molecular weight is 329 g/mol. The third-order valence-electron chi connectivity index (χ3n) is 2.82. The first-order valence-corrected chi connectivity index (χ1v) is 7.41. The number of nitrogens with zero attached hydrogens (tertiary/aromatic N) is 1. The summed E-state index contributed by atoms with van der Waals surface area (Å²) in [6.07, 6.45) is -0.328. The van der Waals surface area contributed by atoms with Gasteiger partial charge in [0.25, 0.3) is 0 Å². The molecule has 2 N–H and O–H groups in total. The average Bonchev–Trinajstić information content (AvgIpc) is 2.25. The summed E-state index contributed by atoms with van der Waals surface area (Å²) in [5, 5.41) is 12.9. The molecule has 108 valence electrons. The van der Waals surface area contributed by atoms with Crippen molar-refractivity contribution in [3.05, 3.63) is 28.2 Å². The largest absolute Gasteiger partial charge is 0.392 e. The quantitative estimate of drug-likeness (QED) is 0.871. The standard InChI is InChI=1S/C15H25BrN2O/c1-11(19)10-18(5)13-7-6-12(14(16)8-13)9-17-15(2,3)4/h6-8,11,17,19H,9-10H2,1-5H3. The summed E-state index contributed by atoms with van der Waals surface area (Å²) in [7, 11) is 1.99. The minimum Gasteiger partial charge on any atom is -0.392 e. The van der Waals surface area contributed by atoms with E-state index in [1.807, 2.05) is 7.05 Å². The fourth-order valence-corrected chi connectivity index (χ4v) is 2.29. The van der Waals surface area contributed by atoms with Crippen molar-refractivity contribution >= 4 is 21.6 Å². The molecule has 19 heavy (non-hydrogen) atoms. The van der Waals surface area contributed by atoms with Crippen molar-refractivity contribution in [2.75, 3.05) is 18.5 Å². The maximum absolute atomic E-state index is 9.42. The lowest BCUT2D eigenvalue weighted by atomic mass is 10.1. The van der Waals surface area contributed by atoms with Crippen LogP contribution in [0.15, 0.2) is 22.7 Å². The Morgan fingerprint density at radius 1 is 1.37 bits per heavy atom. The van der Waals surface area contributed by atoms with E-state index in [1.165, 1.54) is 5.56 Å². The van der Waals surface area contributed by atoms with Crippen LogP contribution in [-0.4, -0.2) is 30.3 Å². The van der Waals surface area contributed by atoms with E-state index in [9.17, 15) is 5.11 Å². The smallest absolute Gasteiger partial charge is 0.0686 e. The van der Waals surface area contributed by atoms with Crippen molar-refractivity contribution in [2.45, 2.75) is 45.9 Å². The molecule has 0 amide bonds. The molecule has 1 aromatic rings. The monoisotopic (exact) mass is 328 g/mol. The van der Waals surface area contributed by atoms with E-state index >= 15 is 0 Å². The minimum absolute atomic E-state index is 0.112. The molecule has 0 saturated heterocycles. The van der Waals surface area contributed by atoms with Crippen LogP contribution in [0.3, 0.4) is 0 Å². The Hall–Kier alpha value is -0.580. The van der Waals surface area contributed by atoms with Gasteiger partial charge in [0.1, 0.15) is 0 Å². The fourth-order valence-electron chi connectivity index (χ4n) is 1.78. The third kappa shape index (κ3) is 5.93. The first-order chi connectivity index (χ1) is 8.69. The number of likely N-dealkylation sites (N-methyl/N-ethyl adjacent to an activating group) is 1. The zero-order chi connectivity index (χ0) is 14.6. The van der Waals surface area contributed by atoms with Gasteiger partial charge in [-0.05, 0) is 45.4 Å². The van der Waals surface area contributed by atoms with E-state index < -0.39 is 0 Å². The second kappa shape index (κ2) is 6.73. The predicted molar refractivity (Wildman–Crippen MR) is 85.7 cm³/mol. The summed E-state index contributed by atoms with van der Waals surface area (Å²) in [6.45, 7) is 9.74. The van der Waals surface area contributed by atoms with Gasteiger partial charge in [0.15, 0.2) is 0 Å². The zero-order valence-electron chi connectivity index (χ0n) is 12.5. The zero-order valence-corrected chi connectivity index (χ0v) is 14.1. The highest BCUT2D eigenvalue weighted by atomic mass is 79.9. The summed E-state index contributed by atoms with van der Waals surface area (Å²) in [6, 6.07) is 6.31. The minimum atomic E-state index is -0.328. The molecule has 0 radical (unpaired) electrons. The van der Waals surface area contributed by atoms with Crippen LogP contribution >= 0.6 is 15.9 Å². The molecule has 0 spiro atoms. The van der Waals surface area contributed by atoms with Crippen LogP contribution < -0.4 is 10.2 Å². The van der Waals surface area contributed by atoms with Gasteiger partial charge in [-0.2, -0.15) is 0 Å². The molecule has 1 rings (SSSR count). The molecule has 0 heterocycles. The van der Waals surface area contributed by atoms with E-state index in [-0.39, 0.29) is 11.6 Å². The van der Waals surface area contributed by atoms with E-state index in [4.69, 9.17) is 0 Å². The second-order valence-electron chi connectivity index (χ2n) is 6.11. The van der Waals surface area contributed by atoms with Gasteiger partial charge in [0.2, 0.25) is 0 Å². The number of anilines is 1. The lowest BCUT2D eigenvalue weighted by Gasteiger charge is -2.23. The highest BCUT2D eigenvalue weighted by molar-refractivity contribution is 9.10. The summed E-state index contributed by atoms with van der Waals surface area (Å²) in [4.78, 5) is 2.05. The lowest BCUT2D eigenvalue weighted by Crippen LogP contribution is -2.35. The number of aliphatic hydroxyl groups excluding tert-OH is 1. The normalized spacial score (nSPS) is 13.4. The molecule has 0 aliphatic rings. The predicted octanol–water partition coefficient (Wildman–Crippen LogP) is 3.15. The molecule has 0 aliphatic carbocycles. The van der Waals surface area contributed by atoms with Crippen molar-refractivity contribution < 1.29 is 5.11 Å². The Kier molecular flexibility index (Phi) is 5.83. The van der Waals surface area contributed by atoms with Crippen LogP contribution in [0.5, 0.6) is 0 Å². The molecule has 0 fully saturated rings. The SMILES string of the molecule is CC(O)CN(C)c1ccc(CNC(C)(C)C)c(Br)c1. The Labute approximate surface area is 125 Å². The molecule has 0 saturated carbocycles. The molecule has 4 heteroatoms. The second-order valence-corrected chi connectivity index (χ2v) is 6.96. The molecular formula is C15H25BrN2O. The Bertz CT molecular complexity index is 413. The van der Waals surface area contributed by atoms with Gasteiger partial charge in [-0.3, -0.25) is 0 Å². The number of benzene rings is 1. The highest BCUT2D eigenvalue weighted by Crippen LogP contribution is 2.24. The lowest BCUT2D eigenvalue weighted by molar-refractivity contribution is 0.201. The molecule has 0 bridgehead atoms. The van der Waals surface area contributed by atoms with Crippen LogP contribution in [0, 0.1) is 0 Å². The van der Waals surface area contributed by atoms with Crippen molar-refractivity contribution in [2.24, 2.45) is 0 Å². The number of hydrogen-bond acceptors (Lipinski definition) is 3. The Balaban J connectivity index is 2.74. The van der Waals surface area contributed by atoms with E-state index in [1.54, 1.807) is 6.92 Å². The first-order valence-electron chi connectivity index (χ1n) is 6.61. The number of rotatable bonds is 5. The maximum Gasteiger partial charge on any atom is 0.0686 e. The first kappa shape index (κ1) is 16.5.